The van der Waals surface area contributed by atoms with Crippen molar-refractivity contribution >= 4 is 17.9 Å². The summed E-state index contributed by atoms with van der Waals surface area (Å²) in [5.41, 5.74) is -0.178. The highest BCUT2D eigenvalue weighted by Gasteiger charge is 2.00. The first-order chi connectivity index (χ1) is 9.59. The quantitative estimate of drug-likeness (QED) is 0.556. The van der Waals surface area contributed by atoms with Gasteiger partial charge in [-0.05, 0) is 20.8 Å². The van der Waals surface area contributed by atoms with Crippen LogP contribution in [0.5, 0.6) is 0 Å². The second kappa shape index (κ2) is 11.2. The Morgan fingerprint density at radius 3 is 1.90 bits per heavy atom. The SMILES string of the molecule is C/C(=C/C(=O)O)C(=O)O.CC(=O)[O-].CC[n+]1ccn(C)c1. The first-order valence-electron chi connectivity index (χ1n) is 5.93. The number of hydrogen-bond donors (Lipinski definition) is 2. The highest BCUT2D eigenvalue weighted by Crippen LogP contribution is 1.89. The minimum Gasteiger partial charge on any atom is -0.550 e. The van der Waals surface area contributed by atoms with Gasteiger partial charge < -0.3 is 20.1 Å². The van der Waals surface area contributed by atoms with Gasteiger partial charge in [-0.2, -0.15) is 0 Å². The van der Waals surface area contributed by atoms with Crippen LogP contribution in [0.2, 0.25) is 0 Å². The highest BCUT2D eigenvalue weighted by molar-refractivity contribution is 5.93. The van der Waals surface area contributed by atoms with E-state index in [2.05, 4.69) is 24.0 Å². The molecule has 1 heterocycles. The fourth-order valence-electron chi connectivity index (χ4n) is 0.936. The molecule has 0 amide bonds. The number of carboxylic acid groups (broad SMARTS) is 3. The molecule has 2 N–H and O–H groups in total. The Balaban J connectivity index is 0. The van der Waals surface area contributed by atoms with Gasteiger partial charge in [0.15, 0.2) is 0 Å². The Morgan fingerprint density at radius 2 is 1.76 bits per heavy atom. The molecule has 21 heavy (non-hydrogen) atoms. The summed E-state index contributed by atoms with van der Waals surface area (Å²) in [5, 5.41) is 25.0. The van der Waals surface area contributed by atoms with E-state index in [1.54, 1.807) is 0 Å². The largest absolute Gasteiger partial charge is 0.550 e. The summed E-state index contributed by atoms with van der Waals surface area (Å²) in [4.78, 5) is 28.6. The zero-order valence-corrected chi connectivity index (χ0v) is 12.4. The van der Waals surface area contributed by atoms with Crippen LogP contribution in [0.1, 0.15) is 20.8 Å². The zero-order valence-electron chi connectivity index (χ0n) is 12.4. The summed E-state index contributed by atoms with van der Waals surface area (Å²) in [6.45, 7) is 5.37. The molecule has 1 aromatic heterocycles. The summed E-state index contributed by atoms with van der Waals surface area (Å²) < 4.78 is 4.16. The molecular formula is C13H20N2O6. The van der Waals surface area contributed by atoms with Crippen LogP contribution in [0.4, 0.5) is 0 Å². The molecule has 0 saturated heterocycles. The van der Waals surface area contributed by atoms with Crippen molar-refractivity contribution in [1.82, 2.24) is 4.57 Å². The Bertz CT molecular complexity index is 501. The van der Waals surface area contributed by atoms with Crippen LogP contribution < -0.4 is 9.67 Å². The zero-order chi connectivity index (χ0) is 17.0. The molecule has 0 bridgehead atoms. The molecule has 8 nitrogen and oxygen atoms in total. The number of imidazole rings is 1. The minimum atomic E-state index is -1.24. The van der Waals surface area contributed by atoms with Crippen molar-refractivity contribution in [3.05, 3.63) is 30.4 Å². The molecule has 0 aromatic carbocycles. The second-order valence-corrected chi connectivity index (χ2v) is 3.87. The topological polar surface area (TPSA) is 124 Å². The van der Waals surface area contributed by atoms with Gasteiger partial charge in [0, 0.05) is 17.6 Å². The maximum absolute atomic E-state index is 9.90. The molecule has 0 aliphatic heterocycles. The number of rotatable bonds is 3. The third-order valence-electron chi connectivity index (χ3n) is 1.87. The molecule has 8 heteroatoms. The Kier molecular flexibility index (Phi) is 11.0. The average Bonchev–Trinajstić information content (AvgIpc) is 2.74. The lowest BCUT2D eigenvalue weighted by atomic mass is 10.3. The van der Waals surface area contributed by atoms with Crippen molar-refractivity contribution in [3.8, 4) is 0 Å². The van der Waals surface area contributed by atoms with Gasteiger partial charge in [-0.1, -0.05) is 0 Å². The molecule has 118 valence electrons. The highest BCUT2D eigenvalue weighted by atomic mass is 16.4. The van der Waals surface area contributed by atoms with E-state index in [1.165, 1.54) is 6.92 Å². The lowest BCUT2D eigenvalue weighted by Gasteiger charge is -1.86. The van der Waals surface area contributed by atoms with Gasteiger partial charge in [0.05, 0.1) is 13.6 Å². The van der Waals surface area contributed by atoms with Crippen molar-refractivity contribution < 1.29 is 34.3 Å². The van der Waals surface area contributed by atoms with Gasteiger partial charge in [0.2, 0.25) is 6.33 Å². The third-order valence-corrected chi connectivity index (χ3v) is 1.87. The summed E-state index contributed by atoms with van der Waals surface area (Å²) in [7, 11) is 2.02. The van der Waals surface area contributed by atoms with Crippen LogP contribution in [-0.2, 0) is 28.0 Å². The van der Waals surface area contributed by atoms with Gasteiger partial charge in [-0.15, -0.1) is 0 Å². The van der Waals surface area contributed by atoms with Gasteiger partial charge in [-0.25, -0.2) is 18.7 Å². The van der Waals surface area contributed by atoms with Gasteiger partial charge in [-0.3, -0.25) is 0 Å². The summed E-state index contributed by atoms with van der Waals surface area (Å²) in [5.74, 6) is -3.53. The number of nitrogens with zero attached hydrogens (tertiary/aromatic N) is 2. The first-order valence-corrected chi connectivity index (χ1v) is 5.93. The van der Waals surface area contributed by atoms with Crippen LogP contribution in [0, 0.1) is 0 Å². The molecule has 0 atom stereocenters. The van der Waals surface area contributed by atoms with E-state index in [1.807, 2.05) is 17.8 Å². The standard InChI is InChI=1S/C6H11N2.C5H6O4.C2H4O2/c1-3-8-5-4-7(2)6-8;1-3(5(8)9)2-4(6)7;1-2(3)4/h4-6H,3H2,1-2H3;2H,1H3,(H,6,7)(H,8,9);1H3,(H,3,4)/q+1;;/p-1/b;3-2-;. The van der Waals surface area contributed by atoms with Crippen LogP contribution >= 0.6 is 0 Å². The van der Waals surface area contributed by atoms with E-state index in [9.17, 15) is 9.59 Å². The van der Waals surface area contributed by atoms with E-state index in [4.69, 9.17) is 20.1 Å². The van der Waals surface area contributed by atoms with Crippen LogP contribution in [0.15, 0.2) is 30.4 Å². The lowest BCUT2D eigenvalue weighted by Crippen LogP contribution is -2.28. The molecule has 0 fully saturated rings. The van der Waals surface area contributed by atoms with Gasteiger partial charge >= 0.3 is 11.9 Å². The first kappa shape index (κ1) is 20.7. The number of aliphatic carboxylic acids is 3. The molecule has 0 unspecified atom stereocenters. The minimum absolute atomic E-state index is 0.178. The Labute approximate surface area is 122 Å². The van der Waals surface area contributed by atoms with E-state index >= 15 is 0 Å². The monoisotopic (exact) mass is 300 g/mol. The van der Waals surface area contributed by atoms with Crippen LogP contribution in [0.25, 0.3) is 0 Å². The number of aromatic nitrogens is 2. The average molecular weight is 300 g/mol. The van der Waals surface area contributed by atoms with Crippen LogP contribution in [0.3, 0.4) is 0 Å². The smallest absolute Gasteiger partial charge is 0.331 e. The molecule has 1 aromatic rings. The van der Waals surface area contributed by atoms with Crippen LogP contribution in [-0.4, -0.2) is 32.7 Å². The summed E-state index contributed by atoms with van der Waals surface area (Å²) >= 11 is 0. The van der Waals surface area contributed by atoms with Crippen molar-refractivity contribution in [3.63, 3.8) is 0 Å². The van der Waals surface area contributed by atoms with E-state index < -0.39 is 17.9 Å². The van der Waals surface area contributed by atoms with Crippen molar-refractivity contribution in [2.45, 2.75) is 27.3 Å². The van der Waals surface area contributed by atoms with Crippen molar-refractivity contribution in [1.29, 1.82) is 0 Å². The second-order valence-electron chi connectivity index (χ2n) is 3.87. The third kappa shape index (κ3) is 15.3. The number of carbonyl (C=O) groups excluding carboxylic acids is 1. The number of carbonyl (C=O) groups is 3. The molecule has 0 aliphatic rings. The maximum Gasteiger partial charge on any atom is 0.331 e. The van der Waals surface area contributed by atoms with Gasteiger partial charge in [0.1, 0.15) is 12.4 Å². The molecule has 0 aliphatic carbocycles. The normalized spacial score (nSPS) is 9.62. The van der Waals surface area contributed by atoms with Crippen molar-refractivity contribution in [2.75, 3.05) is 0 Å². The Morgan fingerprint density at radius 1 is 1.29 bits per heavy atom. The molecule has 0 saturated carbocycles. The summed E-state index contributed by atoms with van der Waals surface area (Å²) in [6.07, 6.45) is 6.78. The lowest BCUT2D eigenvalue weighted by molar-refractivity contribution is -0.693. The molecular weight excluding hydrogens is 280 g/mol. The van der Waals surface area contributed by atoms with E-state index in [0.29, 0.717) is 6.08 Å². The predicted octanol–water partition coefficient (Wildman–Crippen LogP) is -0.809. The fraction of sp³-hybridized carbons (Fsp3) is 0.385. The van der Waals surface area contributed by atoms with E-state index in [0.717, 1.165) is 13.5 Å². The van der Waals surface area contributed by atoms with Gasteiger partial charge in [0.25, 0.3) is 0 Å². The number of carboxylic acids is 3. The molecule has 0 spiro atoms. The molecule has 1 rings (SSSR count). The number of aryl methyl sites for hydroxylation is 2. The predicted molar refractivity (Wildman–Crippen MR) is 71.0 cm³/mol. The van der Waals surface area contributed by atoms with Crippen molar-refractivity contribution in [2.24, 2.45) is 7.05 Å². The fourth-order valence-corrected chi connectivity index (χ4v) is 0.936. The number of hydrogen-bond acceptors (Lipinski definition) is 4. The van der Waals surface area contributed by atoms with E-state index in [-0.39, 0.29) is 5.57 Å². The summed E-state index contributed by atoms with van der Waals surface area (Å²) in [6, 6.07) is 0. The Hall–Kier alpha value is -2.64. The molecule has 0 radical (unpaired) electrons. The maximum atomic E-state index is 9.90.